The zero-order valence-electron chi connectivity index (χ0n) is 17.2. The van der Waals surface area contributed by atoms with Gasteiger partial charge in [0.15, 0.2) is 5.60 Å². The SMILES string of the molecule is COc1ccc([C@@H]2N(c3ccccc3)C(=O)[C@@]2(O)Cc2ccc3ccccc3c2)cc1. The Labute approximate surface area is 181 Å². The smallest absolute Gasteiger partial charge is 0.262 e. The number of carbonyl (C=O) groups excluding carboxylic acids is 1. The maximum absolute atomic E-state index is 13.3. The van der Waals surface area contributed by atoms with E-state index in [0.29, 0.717) is 0 Å². The third-order valence-corrected chi connectivity index (χ3v) is 6.05. The molecule has 5 rings (SSSR count). The fourth-order valence-electron chi connectivity index (χ4n) is 4.49. The van der Waals surface area contributed by atoms with Crippen LogP contribution in [0.2, 0.25) is 0 Å². The Morgan fingerprint density at radius 3 is 2.26 bits per heavy atom. The van der Waals surface area contributed by atoms with E-state index < -0.39 is 11.6 Å². The largest absolute Gasteiger partial charge is 0.497 e. The Morgan fingerprint density at radius 1 is 0.871 bits per heavy atom. The van der Waals surface area contributed by atoms with Crippen molar-refractivity contribution in [1.29, 1.82) is 0 Å². The molecule has 1 aliphatic heterocycles. The number of hydrogen-bond donors (Lipinski definition) is 1. The fraction of sp³-hybridized carbons (Fsp3) is 0.148. The normalized spacial score (nSPS) is 20.5. The van der Waals surface area contributed by atoms with Crippen molar-refractivity contribution in [2.24, 2.45) is 0 Å². The Morgan fingerprint density at radius 2 is 1.55 bits per heavy atom. The highest BCUT2D eigenvalue weighted by atomic mass is 16.5. The van der Waals surface area contributed by atoms with E-state index in [4.69, 9.17) is 4.74 Å². The van der Waals surface area contributed by atoms with Crippen molar-refractivity contribution in [3.8, 4) is 5.75 Å². The maximum atomic E-state index is 13.3. The van der Waals surface area contributed by atoms with Crippen LogP contribution in [0.3, 0.4) is 0 Å². The number of anilines is 1. The molecule has 2 atom stereocenters. The summed E-state index contributed by atoms with van der Waals surface area (Å²) in [7, 11) is 1.62. The molecule has 1 amide bonds. The molecule has 1 N–H and O–H groups in total. The molecule has 154 valence electrons. The summed E-state index contributed by atoms with van der Waals surface area (Å²) in [5.74, 6) is 0.450. The zero-order valence-corrected chi connectivity index (χ0v) is 17.2. The number of para-hydroxylation sites is 1. The van der Waals surface area contributed by atoms with Crippen LogP contribution in [0.1, 0.15) is 17.2 Å². The van der Waals surface area contributed by atoms with Gasteiger partial charge in [0, 0.05) is 12.1 Å². The average molecular weight is 409 g/mol. The second-order valence-electron chi connectivity index (χ2n) is 7.97. The molecular formula is C27H23NO3. The van der Waals surface area contributed by atoms with Crippen LogP contribution in [0, 0.1) is 0 Å². The molecule has 31 heavy (non-hydrogen) atoms. The van der Waals surface area contributed by atoms with E-state index in [1.54, 1.807) is 12.0 Å². The number of hydrogen-bond acceptors (Lipinski definition) is 3. The van der Waals surface area contributed by atoms with Gasteiger partial charge in [-0.15, -0.1) is 0 Å². The molecule has 0 aromatic heterocycles. The molecule has 1 aliphatic rings. The third kappa shape index (κ3) is 3.25. The average Bonchev–Trinajstić information content (AvgIpc) is 2.82. The number of amides is 1. The molecular weight excluding hydrogens is 386 g/mol. The summed E-state index contributed by atoms with van der Waals surface area (Å²) >= 11 is 0. The highest BCUT2D eigenvalue weighted by Gasteiger charge is 2.60. The molecule has 4 aromatic rings. The number of aliphatic hydroxyl groups is 1. The van der Waals surface area contributed by atoms with Gasteiger partial charge in [-0.1, -0.05) is 72.8 Å². The number of ether oxygens (including phenoxy) is 1. The standard InChI is InChI=1S/C27H23NO3/c1-31-24-15-13-21(14-16-24)25-27(30,26(29)28(25)23-9-3-2-4-10-23)18-19-11-12-20-7-5-6-8-22(20)17-19/h2-17,25,30H,18H2,1H3/t25-,27+/m0/s1. The minimum Gasteiger partial charge on any atom is -0.497 e. The van der Waals surface area contributed by atoms with Crippen molar-refractivity contribution in [2.75, 3.05) is 12.0 Å². The van der Waals surface area contributed by atoms with Gasteiger partial charge in [-0.25, -0.2) is 0 Å². The van der Waals surface area contributed by atoms with Gasteiger partial charge in [0.1, 0.15) is 11.8 Å². The van der Waals surface area contributed by atoms with Crippen LogP contribution in [0.5, 0.6) is 5.75 Å². The molecule has 0 bridgehead atoms. The molecule has 0 radical (unpaired) electrons. The number of methoxy groups -OCH3 is 1. The predicted molar refractivity (Wildman–Crippen MR) is 122 cm³/mol. The molecule has 4 nitrogen and oxygen atoms in total. The molecule has 1 saturated heterocycles. The van der Waals surface area contributed by atoms with Crippen LogP contribution in [0.25, 0.3) is 10.8 Å². The predicted octanol–water partition coefficient (Wildman–Crippen LogP) is 4.91. The summed E-state index contributed by atoms with van der Waals surface area (Å²) < 4.78 is 5.28. The lowest BCUT2D eigenvalue weighted by Gasteiger charge is -2.53. The lowest BCUT2D eigenvalue weighted by molar-refractivity contribution is -0.153. The van der Waals surface area contributed by atoms with Crippen molar-refractivity contribution in [3.63, 3.8) is 0 Å². The summed E-state index contributed by atoms with van der Waals surface area (Å²) in [6.45, 7) is 0. The van der Waals surface area contributed by atoms with Gasteiger partial charge in [-0.05, 0) is 46.2 Å². The van der Waals surface area contributed by atoms with E-state index in [-0.39, 0.29) is 12.3 Å². The second-order valence-corrected chi connectivity index (χ2v) is 7.97. The van der Waals surface area contributed by atoms with E-state index in [1.807, 2.05) is 84.9 Å². The lowest BCUT2D eigenvalue weighted by Crippen LogP contribution is -2.69. The van der Waals surface area contributed by atoms with Crippen LogP contribution in [0.15, 0.2) is 97.1 Å². The first kappa shape index (κ1) is 19.3. The van der Waals surface area contributed by atoms with E-state index in [2.05, 4.69) is 12.1 Å². The summed E-state index contributed by atoms with van der Waals surface area (Å²) in [4.78, 5) is 15.0. The monoisotopic (exact) mass is 409 g/mol. The number of nitrogens with zero attached hydrogens (tertiary/aromatic N) is 1. The molecule has 0 aliphatic carbocycles. The molecule has 0 unspecified atom stereocenters. The van der Waals surface area contributed by atoms with E-state index in [1.165, 1.54) is 0 Å². The topological polar surface area (TPSA) is 49.8 Å². The van der Waals surface area contributed by atoms with Gasteiger partial charge in [-0.3, -0.25) is 9.69 Å². The van der Waals surface area contributed by atoms with Gasteiger partial charge >= 0.3 is 0 Å². The number of β-lactam (4-membered cyclic amide) rings is 1. The first-order valence-electron chi connectivity index (χ1n) is 10.3. The van der Waals surface area contributed by atoms with Crippen molar-refractivity contribution >= 4 is 22.4 Å². The fourth-order valence-corrected chi connectivity index (χ4v) is 4.49. The van der Waals surface area contributed by atoms with Crippen molar-refractivity contribution in [2.45, 2.75) is 18.1 Å². The quantitative estimate of drug-likeness (QED) is 0.477. The van der Waals surface area contributed by atoms with E-state index >= 15 is 0 Å². The van der Waals surface area contributed by atoms with E-state index in [0.717, 1.165) is 33.3 Å². The molecule has 1 heterocycles. The minimum atomic E-state index is -1.52. The van der Waals surface area contributed by atoms with Gasteiger partial charge in [0.25, 0.3) is 5.91 Å². The van der Waals surface area contributed by atoms with Crippen LogP contribution < -0.4 is 9.64 Å². The Kier molecular flexibility index (Phi) is 4.72. The minimum absolute atomic E-state index is 0.247. The highest BCUT2D eigenvalue weighted by molar-refractivity contribution is 6.08. The molecule has 0 saturated carbocycles. The summed E-state index contributed by atoms with van der Waals surface area (Å²) in [6.07, 6.45) is 0.247. The van der Waals surface area contributed by atoms with Crippen molar-refractivity contribution < 1.29 is 14.6 Å². The van der Waals surface area contributed by atoms with Crippen molar-refractivity contribution in [3.05, 3.63) is 108 Å². The molecule has 4 aromatic carbocycles. The van der Waals surface area contributed by atoms with Crippen LogP contribution in [-0.4, -0.2) is 23.7 Å². The van der Waals surface area contributed by atoms with Crippen molar-refractivity contribution in [1.82, 2.24) is 0 Å². The van der Waals surface area contributed by atoms with Crippen LogP contribution in [0.4, 0.5) is 5.69 Å². The summed E-state index contributed by atoms with van der Waals surface area (Å²) in [5, 5.41) is 13.9. The van der Waals surface area contributed by atoms with Gasteiger partial charge in [0.05, 0.1) is 7.11 Å². The Balaban J connectivity index is 1.54. The molecule has 1 fully saturated rings. The Bertz CT molecular complexity index is 1240. The summed E-state index contributed by atoms with van der Waals surface area (Å²) in [5.41, 5.74) is 1.05. The Hall–Kier alpha value is -3.63. The number of fused-ring (bicyclic) bond motifs is 1. The first-order valence-corrected chi connectivity index (χ1v) is 10.3. The van der Waals surface area contributed by atoms with Crippen LogP contribution in [-0.2, 0) is 11.2 Å². The van der Waals surface area contributed by atoms with Gasteiger partial charge in [-0.2, -0.15) is 0 Å². The summed E-state index contributed by atoms with van der Waals surface area (Å²) in [6, 6.07) is 30.7. The third-order valence-electron chi connectivity index (χ3n) is 6.05. The first-order chi connectivity index (χ1) is 15.1. The second kappa shape index (κ2) is 7.56. The maximum Gasteiger partial charge on any atom is 0.262 e. The lowest BCUT2D eigenvalue weighted by atomic mass is 9.73. The number of rotatable bonds is 5. The van der Waals surface area contributed by atoms with Gasteiger partial charge in [0.2, 0.25) is 0 Å². The molecule has 0 spiro atoms. The number of carbonyl (C=O) groups is 1. The van der Waals surface area contributed by atoms with Gasteiger partial charge < -0.3 is 9.84 Å². The number of benzene rings is 4. The zero-order chi connectivity index (χ0) is 21.4. The van der Waals surface area contributed by atoms with E-state index in [9.17, 15) is 9.90 Å². The molecule has 4 heteroatoms. The highest BCUT2D eigenvalue weighted by Crippen LogP contribution is 2.48. The van der Waals surface area contributed by atoms with Crippen LogP contribution >= 0.6 is 0 Å².